The number of H-pyrrole nitrogens is 1. The van der Waals surface area contributed by atoms with E-state index >= 15 is 0 Å². The number of pyridine rings is 1. The maximum absolute atomic E-state index is 13.4. The summed E-state index contributed by atoms with van der Waals surface area (Å²) in [6.45, 7) is 4.36. The van der Waals surface area contributed by atoms with Crippen LogP contribution in [0, 0.1) is 13.8 Å². The molecule has 0 atom stereocenters. The smallest absolute Gasteiger partial charge is 0.322 e. The Bertz CT molecular complexity index is 1150. The topological polar surface area (TPSA) is 85.4 Å². The molecule has 3 rings (SSSR count). The number of nitrogens with zero attached hydrogens (tertiary/aromatic N) is 1. The number of aryl methyl sites for hydroxylation is 2. The molecule has 0 aliphatic carbocycles. The zero-order valence-corrected chi connectivity index (χ0v) is 17.6. The second-order valence-corrected chi connectivity index (χ2v) is 7.71. The van der Waals surface area contributed by atoms with Gasteiger partial charge in [0.1, 0.15) is 0 Å². The molecule has 0 radical (unpaired) electrons. The third-order valence-electron chi connectivity index (χ3n) is 5.03. The number of carbonyl (C=O) groups is 1. The number of alkyl halides is 2. The SMILES string of the molecule is Cc1cc(C)c2[nH]c(=O)c(CN(CCO)C(=O)Nc3ccc(C(C)(F)F)cc3)cc2c1. The van der Waals surface area contributed by atoms with Gasteiger partial charge in [0.05, 0.1) is 18.7 Å². The van der Waals surface area contributed by atoms with E-state index in [2.05, 4.69) is 10.3 Å². The number of anilines is 1. The van der Waals surface area contributed by atoms with Crippen LogP contribution in [0.3, 0.4) is 0 Å². The van der Waals surface area contributed by atoms with Gasteiger partial charge in [0.25, 0.3) is 11.5 Å². The van der Waals surface area contributed by atoms with Gasteiger partial charge in [-0.25, -0.2) is 13.6 Å². The van der Waals surface area contributed by atoms with E-state index in [9.17, 15) is 23.5 Å². The van der Waals surface area contributed by atoms with Gasteiger partial charge in [-0.1, -0.05) is 23.8 Å². The fraction of sp³-hybridized carbons (Fsp3) is 0.304. The van der Waals surface area contributed by atoms with Gasteiger partial charge in [-0.2, -0.15) is 0 Å². The number of hydrogen-bond donors (Lipinski definition) is 3. The highest BCUT2D eigenvalue weighted by molar-refractivity contribution is 5.89. The van der Waals surface area contributed by atoms with E-state index in [1.165, 1.54) is 29.2 Å². The first kappa shape index (κ1) is 22.4. The van der Waals surface area contributed by atoms with Gasteiger partial charge in [-0.15, -0.1) is 0 Å². The lowest BCUT2D eigenvalue weighted by molar-refractivity contribution is 0.0175. The summed E-state index contributed by atoms with van der Waals surface area (Å²) >= 11 is 0. The number of aromatic nitrogens is 1. The van der Waals surface area contributed by atoms with E-state index in [4.69, 9.17) is 0 Å². The Kier molecular flexibility index (Phi) is 6.40. The van der Waals surface area contributed by atoms with Crippen molar-refractivity contribution in [2.45, 2.75) is 33.2 Å². The number of aliphatic hydroxyl groups excluding tert-OH is 1. The molecule has 0 unspecified atom stereocenters. The molecule has 0 fully saturated rings. The number of aliphatic hydroxyl groups is 1. The maximum Gasteiger partial charge on any atom is 0.322 e. The number of fused-ring (bicyclic) bond motifs is 1. The summed E-state index contributed by atoms with van der Waals surface area (Å²) in [6, 6.07) is 10.4. The van der Waals surface area contributed by atoms with Crippen LogP contribution in [0.25, 0.3) is 10.9 Å². The first-order chi connectivity index (χ1) is 14.6. The fourth-order valence-electron chi connectivity index (χ4n) is 3.48. The lowest BCUT2D eigenvalue weighted by Crippen LogP contribution is -2.38. The van der Waals surface area contributed by atoms with Gasteiger partial charge < -0.3 is 20.3 Å². The average Bonchev–Trinajstić information content (AvgIpc) is 2.68. The molecule has 3 aromatic rings. The largest absolute Gasteiger partial charge is 0.395 e. The molecule has 0 bridgehead atoms. The molecule has 8 heteroatoms. The number of halogens is 2. The van der Waals surface area contributed by atoms with Crippen LogP contribution in [-0.4, -0.2) is 34.2 Å². The number of aromatic amines is 1. The lowest BCUT2D eigenvalue weighted by atomic mass is 10.1. The quantitative estimate of drug-likeness (QED) is 0.547. The van der Waals surface area contributed by atoms with Gasteiger partial charge in [-0.05, 0) is 49.1 Å². The highest BCUT2D eigenvalue weighted by Crippen LogP contribution is 2.27. The first-order valence-electron chi connectivity index (χ1n) is 9.87. The van der Waals surface area contributed by atoms with Crippen molar-refractivity contribution in [3.05, 3.63) is 75.1 Å². The average molecular weight is 429 g/mol. The number of carbonyl (C=O) groups excluding carboxylic acids is 1. The lowest BCUT2D eigenvalue weighted by Gasteiger charge is -2.22. The first-order valence-corrected chi connectivity index (χ1v) is 9.87. The number of hydrogen-bond acceptors (Lipinski definition) is 3. The minimum Gasteiger partial charge on any atom is -0.395 e. The number of urea groups is 1. The third kappa shape index (κ3) is 5.27. The molecule has 6 nitrogen and oxygen atoms in total. The van der Waals surface area contributed by atoms with E-state index in [0.717, 1.165) is 29.0 Å². The van der Waals surface area contributed by atoms with Gasteiger partial charge in [0, 0.05) is 30.3 Å². The predicted octanol–water partition coefficient (Wildman–Crippen LogP) is 4.28. The van der Waals surface area contributed by atoms with Crippen LogP contribution in [0.1, 0.15) is 29.2 Å². The normalized spacial score (nSPS) is 11.5. The molecule has 0 saturated carbocycles. The molecular formula is C23H25F2N3O3. The highest BCUT2D eigenvalue weighted by Gasteiger charge is 2.24. The minimum atomic E-state index is -2.97. The van der Waals surface area contributed by atoms with Gasteiger partial charge in [-0.3, -0.25) is 4.79 Å². The van der Waals surface area contributed by atoms with Crippen LogP contribution in [-0.2, 0) is 12.5 Å². The van der Waals surface area contributed by atoms with Crippen molar-refractivity contribution in [1.29, 1.82) is 0 Å². The van der Waals surface area contributed by atoms with Gasteiger partial charge >= 0.3 is 6.03 Å². The fourth-order valence-corrected chi connectivity index (χ4v) is 3.48. The molecule has 0 spiro atoms. The number of benzene rings is 2. The highest BCUT2D eigenvalue weighted by atomic mass is 19.3. The second kappa shape index (κ2) is 8.85. The van der Waals surface area contributed by atoms with Crippen molar-refractivity contribution in [3.8, 4) is 0 Å². The summed E-state index contributed by atoms with van der Waals surface area (Å²) in [4.78, 5) is 29.4. The Hall–Kier alpha value is -3.26. The molecule has 1 aromatic heterocycles. The molecule has 164 valence electrons. The van der Waals surface area contributed by atoms with Crippen LogP contribution in [0.4, 0.5) is 19.3 Å². The van der Waals surface area contributed by atoms with Crippen molar-refractivity contribution in [2.24, 2.45) is 0 Å². The summed E-state index contributed by atoms with van der Waals surface area (Å²) in [5.41, 5.74) is 2.97. The third-order valence-corrected chi connectivity index (χ3v) is 5.03. The number of amides is 2. The Morgan fingerprint density at radius 1 is 1.16 bits per heavy atom. The molecule has 1 heterocycles. The Morgan fingerprint density at radius 3 is 2.45 bits per heavy atom. The summed E-state index contributed by atoms with van der Waals surface area (Å²) in [5.74, 6) is -2.97. The molecule has 0 saturated heterocycles. The van der Waals surface area contributed by atoms with E-state index < -0.39 is 12.0 Å². The Labute approximate surface area is 178 Å². The van der Waals surface area contributed by atoms with E-state index in [-0.39, 0.29) is 30.8 Å². The van der Waals surface area contributed by atoms with Crippen molar-refractivity contribution in [1.82, 2.24) is 9.88 Å². The molecule has 0 aliphatic rings. The van der Waals surface area contributed by atoms with Gasteiger partial charge in [0.2, 0.25) is 0 Å². The molecule has 2 aromatic carbocycles. The summed E-state index contributed by atoms with van der Waals surface area (Å²) in [5, 5.41) is 12.9. The van der Waals surface area contributed by atoms with Crippen molar-refractivity contribution >= 4 is 22.6 Å². The standard InChI is InChI=1S/C23H25F2N3O3/c1-14-10-15(2)20-16(11-14)12-17(21(30)27-20)13-28(8-9-29)22(31)26-19-6-4-18(5-7-19)23(3,24)25/h4-7,10-12,29H,8-9,13H2,1-3H3,(H,26,31)(H,27,30). The Morgan fingerprint density at radius 2 is 1.84 bits per heavy atom. The number of rotatable bonds is 6. The van der Waals surface area contributed by atoms with E-state index in [1.54, 1.807) is 6.07 Å². The van der Waals surface area contributed by atoms with Crippen molar-refractivity contribution < 1.29 is 18.7 Å². The Balaban J connectivity index is 1.83. The minimum absolute atomic E-state index is 0.00126. The van der Waals surface area contributed by atoms with Gasteiger partial charge in [0.15, 0.2) is 0 Å². The molecule has 31 heavy (non-hydrogen) atoms. The maximum atomic E-state index is 13.4. The zero-order chi connectivity index (χ0) is 22.8. The second-order valence-electron chi connectivity index (χ2n) is 7.71. The molecule has 0 aliphatic heterocycles. The summed E-state index contributed by atoms with van der Waals surface area (Å²) < 4.78 is 26.7. The molecule has 3 N–H and O–H groups in total. The zero-order valence-electron chi connectivity index (χ0n) is 17.6. The molecular weight excluding hydrogens is 404 g/mol. The van der Waals surface area contributed by atoms with Crippen molar-refractivity contribution in [3.63, 3.8) is 0 Å². The van der Waals surface area contributed by atoms with Crippen LogP contribution >= 0.6 is 0 Å². The molecule has 2 amide bonds. The predicted molar refractivity (Wildman–Crippen MR) is 117 cm³/mol. The van der Waals surface area contributed by atoms with Crippen LogP contribution in [0.2, 0.25) is 0 Å². The number of nitrogens with one attached hydrogen (secondary N) is 2. The summed E-state index contributed by atoms with van der Waals surface area (Å²) in [7, 11) is 0. The van der Waals surface area contributed by atoms with Crippen LogP contribution in [0.5, 0.6) is 0 Å². The summed E-state index contributed by atoms with van der Waals surface area (Å²) in [6.07, 6.45) is 0. The van der Waals surface area contributed by atoms with Crippen molar-refractivity contribution in [2.75, 3.05) is 18.5 Å². The van der Waals surface area contributed by atoms with Crippen LogP contribution in [0.15, 0.2) is 47.3 Å². The van der Waals surface area contributed by atoms with E-state index in [1.807, 2.05) is 26.0 Å². The van der Waals surface area contributed by atoms with E-state index in [0.29, 0.717) is 11.3 Å². The van der Waals surface area contributed by atoms with Crippen LogP contribution < -0.4 is 10.9 Å². The monoisotopic (exact) mass is 429 g/mol.